The predicted molar refractivity (Wildman–Crippen MR) is 94.4 cm³/mol. The molecule has 0 fully saturated rings. The zero-order valence-electron chi connectivity index (χ0n) is 13.8. The van der Waals surface area contributed by atoms with Gasteiger partial charge in [0.05, 0.1) is 0 Å². The van der Waals surface area contributed by atoms with Crippen molar-refractivity contribution in [2.45, 2.75) is 0 Å². The van der Waals surface area contributed by atoms with Gasteiger partial charge in [0, 0.05) is 0 Å². The smallest absolute Gasteiger partial charge is 0.390 e. The largest absolute Gasteiger partial charge is 0.489 e. The maximum atomic E-state index is 12.5. The fourth-order valence-electron chi connectivity index (χ4n) is 2.57. The molecule has 0 atom stereocenters. The van der Waals surface area contributed by atoms with E-state index < -0.39 is 5.63 Å². The van der Waals surface area contributed by atoms with Crippen molar-refractivity contribution in [1.29, 1.82) is 0 Å². The summed E-state index contributed by atoms with van der Waals surface area (Å²) in [5.41, 5.74) is 0.664. The minimum Gasteiger partial charge on any atom is -0.489 e. The first-order valence-corrected chi connectivity index (χ1v) is 7.78. The summed E-state index contributed by atoms with van der Waals surface area (Å²) in [6.45, 7) is 3.94. The highest BCUT2D eigenvalue weighted by molar-refractivity contribution is 5.67. The molecular formula is C20H18NO4+. The van der Waals surface area contributed by atoms with Crippen molar-refractivity contribution in [3.8, 4) is 34.2 Å². The third-order valence-corrected chi connectivity index (χ3v) is 3.78. The van der Waals surface area contributed by atoms with Crippen molar-refractivity contribution in [1.82, 2.24) is 0 Å². The number of rotatable bonds is 5. The number of aromatic hydroxyl groups is 1. The van der Waals surface area contributed by atoms with Gasteiger partial charge in [-0.1, -0.05) is 55.1 Å². The van der Waals surface area contributed by atoms with Gasteiger partial charge in [0.15, 0.2) is 5.56 Å². The topological polar surface area (TPSA) is 63.6 Å². The summed E-state index contributed by atoms with van der Waals surface area (Å²) in [6, 6.07) is 16.1. The van der Waals surface area contributed by atoms with Crippen molar-refractivity contribution >= 4 is 0 Å². The van der Waals surface area contributed by atoms with Gasteiger partial charge < -0.3 is 14.3 Å². The number of aromatic nitrogens is 1. The molecule has 0 spiro atoms. The monoisotopic (exact) mass is 336 g/mol. The van der Waals surface area contributed by atoms with Crippen LogP contribution in [0.25, 0.3) is 22.6 Å². The van der Waals surface area contributed by atoms with Gasteiger partial charge in [-0.15, -0.1) is 4.57 Å². The minimum atomic E-state index is -0.615. The standard InChI is InChI=1S/C20H17NO4/c1-3-13-24-16-12-8-7-11-15(16)19-21(2)18(22)17(20(23)25-19)14-9-5-4-6-10-14/h3-12H,1,13H2,2H3/p+1. The number of ether oxygens (including phenoxy) is 1. The average Bonchev–Trinajstić information content (AvgIpc) is 2.64. The number of para-hydroxylation sites is 1. The second kappa shape index (κ2) is 7.05. The molecule has 0 saturated heterocycles. The zero-order valence-corrected chi connectivity index (χ0v) is 13.8. The third-order valence-electron chi connectivity index (χ3n) is 3.78. The molecule has 0 aliphatic rings. The summed E-state index contributed by atoms with van der Waals surface area (Å²) < 4.78 is 12.6. The van der Waals surface area contributed by atoms with Gasteiger partial charge in [0.2, 0.25) is 0 Å². The van der Waals surface area contributed by atoms with Crippen LogP contribution in [0.3, 0.4) is 0 Å². The van der Waals surface area contributed by atoms with Crippen molar-refractivity contribution in [3.63, 3.8) is 0 Å². The molecule has 25 heavy (non-hydrogen) atoms. The molecule has 3 rings (SSSR count). The fourth-order valence-corrected chi connectivity index (χ4v) is 2.57. The Labute approximate surface area is 145 Å². The Morgan fingerprint density at radius 1 is 1.16 bits per heavy atom. The molecule has 5 nitrogen and oxygen atoms in total. The van der Waals surface area contributed by atoms with Gasteiger partial charge in [0.1, 0.15) is 25.0 Å². The highest BCUT2D eigenvalue weighted by Crippen LogP contribution is 2.30. The molecule has 126 valence electrons. The normalized spacial score (nSPS) is 10.4. The molecule has 0 unspecified atom stereocenters. The van der Waals surface area contributed by atoms with E-state index in [-0.39, 0.29) is 17.3 Å². The highest BCUT2D eigenvalue weighted by atomic mass is 16.5. The number of hydrogen-bond donors (Lipinski definition) is 1. The lowest BCUT2D eigenvalue weighted by Crippen LogP contribution is -2.34. The Morgan fingerprint density at radius 2 is 1.84 bits per heavy atom. The summed E-state index contributed by atoms with van der Waals surface area (Å²) >= 11 is 0. The van der Waals surface area contributed by atoms with Crippen molar-refractivity contribution < 1.29 is 18.8 Å². The number of nitrogens with zero attached hydrogens (tertiary/aromatic N) is 1. The Kier molecular flexibility index (Phi) is 4.66. The van der Waals surface area contributed by atoms with Crippen molar-refractivity contribution in [2.24, 2.45) is 7.05 Å². The second-order valence-corrected chi connectivity index (χ2v) is 5.41. The lowest BCUT2D eigenvalue weighted by atomic mass is 10.1. The van der Waals surface area contributed by atoms with E-state index in [2.05, 4.69) is 6.58 Å². The van der Waals surface area contributed by atoms with Crippen LogP contribution in [0.4, 0.5) is 0 Å². The molecule has 1 N–H and O–H groups in total. The van der Waals surface area contributed by atoms with Crippen LogP contribution in [0.15, 0.2) is 76.5 Å². The van der Waals surface area contributed by atoms with E-state index in [0.717, 1.165) is 0 Å². The van der Waals surface area contributed by atoms with E-state index in [4.69, 9.17) is 9.15 Å². The van der Waals surface area contributed by atoms with Crippen LogP contribution in [-0.2, 0) is 7.05 Å². The predicted octanol–water partition coefficient (Wildman–Crippen LogP) is 3.07. The lowest BCUT2D eigenvalue weighted by Gasteiger charge is -2.08. The second-order valence-electron chi connectivity index (χ2n) is 5.41. The maximum absolute atomic E-state index is 12.5. The SMILES string of the molecule is C=CCOc1ccccc1-c1oc(=O)c(-c2ccccc2)c(O)[n+]1C. The molecule has 2 aromatic carbocycles. The van der Waals surface area contributed by atoms with Crippen LogP contribution in [0.2, 0.25) is 0 Å². The maximum Gasteiger partial charge on any atom is 0.390 e. The third kappa shape index (κ3) is 3.17. The first-order valence-electron chi connectivity index (χ1n) is 7.78. The van der Waals surface area contributed by atoms with Gasteiger partial charge in [-0.05, 0) is 17.7 Å². The van der Waals surface area contributed by atoms with Crippen LogP contribution in [0.1, 0.15) is 0 Å². The average molecular weight is 336 g/mol. The van der Waals surface area contributed by atoms with Crippen molar-refractivity contribution in [3.05, 3.63) is 77.7 Å². The molecule has 1 heterocycles. The van der Waals surface area contributed by atoms with E-state index in [1.54, 1.807) is 55.6 Å². The Morgan fingerprint density at radius 3 is 2.56 bits per heavy atom. The van der Waals surface area contributed by atoms with Crippen LogP contribution in [-0.4, -0.2) is 11.7 Å². The van der Waals surface area contributed by atoms with Gasteiger partial charge >= 0.3 is 17.4 Å². The Bertz CT molecular complexity index is 961. The van der Waals surface area contributed by atoms with Gasteiger partial charge in [-0.3, -0.25) is 0 Å². The fraction of sp³-hybridized carbons (Fsp3) is 0.100. The first kappa shape index (κ1) is 16.5. The summed E-state index contributed by atoms with van der Waals surface area (Å²) in [4.78, 5) is 12.5. The van der Waals surface area contributed by atoms with Crippen molar-refractivity contribution in [2.75, 3.05) is 6.61 Å². The van der Waals surface area contributed by atoms with E-state index in [0.29, 0.717) is 23.5 Å². The van der Waals surface area contributed by atoms with Crippen LogP contribution in [0.5, 0.6) is 11.6 Å². The molecule has 0 bridgehead atoms. The summed E-state index contributed by atoms with van der Waals surface area (Å²) in [5.74, 6) is 0.575. The molecular weight excluding hydrogens is 318 g/mol. The molecule has 0 amide bonds. The van der Waals surface area contributed by atoms with Gasteiger partial charge in [-0.25, -0.2) is 4.79 Å². The number of benzene rings is 2. The molecule has 0 saturated carbocycles. The van der Waals surface area contributed by atoms with Gasteiger partial charge in [-0.2, -0.15) is 0 Å². The zero-order chi connectivity index (χ0) is 17.8. The molecule has 0 aliphatic carbocycles. The summed E-state index contributed by atoms with van der Waals surface area (Å²) in [6.07, 6.45) is 1.63. The quantitative estimate of drug-likeness (QED) is 0.574. The highest BCUT2D eigenvalue weighted by Gasteiger charge is 2.28. The van der Waals surface area contributed by atoms with E-state index in [1.807, 2.05) is 12.1 Å². The molecule has 0 radical (unpaired) electrons. The molecule has 0 aliphatic heterocycles. The lowest BCUT2D eigenvalue weighted by molar-refractivity contribution is -0.675. The van der Waals surface area contributed by atoms with Gasteiger partial charge in [0.25, 0.3) is 0 Å². The molecule has 1 aromatic heterocycles. The Balaban J connectivity index is 2.18. The summed E-state index contributed by atoms with van der Waals surface area (Å²) in [5, 5.41) is 10.6. The van der Waals surface area contributed by atoms with Crippen LogP contribution >= 0.6 is 0 Å². The number of hydrogen-bond acceptors (Lipinski definition) is 4. The molecule has 5 heteroatoms. The minimum absolute atomic E-state index is 0.122. The first-order chi connectivity index (χ1) is 12.1. The van der Waals surface area contributed by atoms with E-state index >= 15 is 0 Å². The van der Waals surface area contributed by atoms with E-state index in [9.17, 15) is 9.90 Å². The van der Waals surface area contributed by atoms with E-state index in [1.165, 1.54) is 4.57 Å². The summed E-state index contributed by atoms with van der Waals surface area (Å²) in [7, 11) is 1.63. The molecule has 3 aromatic rings. The van der Waals surface area contributed by atoms with Crippen LogP contribution in [0, 0.1) is 0 Å². The Hall–Kier alpha value is -3.34. The van der Waals surface area contributed by atoms with Crippen LogP contribution < -0.4 is 14.9 Å².